The van der Waals surface area contributed by atoms with Crippen molar-refractivity contribution in [2.45, 2.75) is 12.8 Å². The minimum absolute atomic E-state index is 0.226. The van der Waals surface area contributed by atoms with Gasteiger partial charge in [-0.05, 0) is 36.1 Å². The molecule has 3 aromatic rings. The molecule has 4 rings (SSSR count). The number of aromatic nitrogens is 2. The predicted molar refractivity (Wildman–Crippen MR) is 108 cm³/mol. The summed E-state index contributed by atoms with van der Waals surface area (Å²) in [5, 5.41) is 2.89. The van der Waals surface area contributed by atoms with Crippen molar-refractivity contribution in [1.82, 2.24) is 15.3 Å². The zero-order valence-corrected chi connectivity index (χ0v) is 15.8. The third-order valence-corrected chi connectivity index (χ3v) is 4.91. The lowest BCUT2D eigenvalue weighted by molar-refractivity contribution is 0.0948. The molecule has 1 amide bonds. The van der Waals surface area contributed by atoms with E-state index in [4.69, 9.17) is 4.74 Å². The van der Waals surface area contributed by atoms with Crippen molar-refractivity contribution in [1.29, 1.82) is 0 Å². The summed E-state index contributed by atoms with van der Waals surface area (Å²) in [4.78, 5) is 23.3. The number of para-hydroxylation sites is 2. The number of hydrogen-bond acceptors (Lipinski definition) is 5. The largest absolute Gasteiger partial charge is 0.496 e. The number of nitrogens with one attached hydrogen (secondary N) is 1. The summed E-state index contributed by atoms with van der Waals surface area (Å²) in [6, 6.07) is 16.1. The number of carbonyl (C=O) groups is 1. The second kappa shape index (κ2) is 8.08. The van der Waals surface area contributed by atoms with Crippen LogP contribution < -0.4 is 15.0 Å². The molecule has 1 aliphatic heterocycles. The minimum atomic E-state index is -0.226. The molecule has 2 heterocycles. The highest BCUT2D eigenvalue weighted by Gasteiger charge is 2.21. The van der Waals surface area contributed by atoms with E-state index in [2.05, 4.69) is 32.3 Å². The molecule has 0 saturated carbocycles. The van der Waals surface area contributed by atoms with E-state index in [1.807, 2.05) is 36.4 Å². The fourth-order valence-electron chi connectivity index (χ4n) is 3.46. The highest BCUT2D eigenvalue weighted by Crippen LogP contribution is 2.32. The summed E-state index contributed by atoms with van der Waals surface area (Å²) < 4.78 is 5.33. The standard InChI is InChI=1S/C22H22N4O2/c1-28-20-9-5-3-7-17(20)10-12-23-22(27)18-14-25-21(15-24-18)26-13-11-16-6-2-4-8-19(16)26/h2-9,14-15H,10-13H2,1H3,(H,23,27). The molecule has 1 aromatic heterocycles. The van der Waals surface area contributed by atoms with E-state index >= 15 is 0 Å². The number of fused-ring (bicyclic) bond motifs is 1. The van der Waals surface area contributed by atoms with Crippen molar-refractivity contribution in [3.63, 3.8) is 0 Å². The van der Waals surface area contributed by atoms with Crippen LogP contribution in [-0.2, 0) is 12.8 Å². The lowest BCUT2D eigenvalue weighted by Crippen LogP contribution is -2.27. The third-order valence-electron chi connectivity index (χ3n) is 4.91. The van der Waals surface area contributed by atoms with Crippen molar-refractivity contribution >= 4 is 17.4 Å². The summed E-state index contributed by atoms with van der Waals surface area (Å²) >= 11 is 0. The Morgan fingerprint density at radius 2 is 1.93 bits per heavy atom. The topological polar surface area (TPSA) is 67.3 Å². The van der Waals surface area contributed by atoms with Crippen molar-refractivity contribution in [3.8, 4) is 5.75 Å². The van der Waals surface area contributed by atoms with Gasteiger partial charge in [-0.1, -0.05) is 36.4 Å². The van der Waals surface area contributed by atoms with Crippen LogP contribution in [0.3, 0.4) is 0 Å². The molecule has 0 bridgehead atoms. The molecule has 1 N–H and O–H groups in total. The number of methoxy groups -OCH3 is 1. The fraction of sp³-hybridized carbons (Fsp3) is 0.227. The van der Waals surface area contributed by atoms with Gasteiger partial charge in [0, 0.05) is 18.8 Å². The maximum atomic E-state index is 12.4. The average Bonchev–Trinajstić information content (AvgIpc) is 3.18. The lowest BCUT2D eigenvalue weighted by Gasteiger charge is -2.17. The Kier molecular flexibility index (Phi) is 5.19. The molecule has 142 valence electrons. The smallest absolute Gasteiger partial charge is 0.271 e. The zero-order valence-electron chi connectivity index (χ0n) is 15.8. The molecule has 1 aliphatic rings. The number of anilines is 2. The summed E-state index contributed by atoms with van der Waals surface area (Å²) in [5.41, 5.74) is 3.84. The van der Waals surface area contributed by atoms with Crippen LogP contribution in [0.2, 0.25) is 0 Å². The molecular formula is C22H22N4O2. The maximum absolute atomic E-state index is 12.4. The Balaban J connectivity index is 1.37. The highest BCUT2D eigenvalue weighted by atomic mass is 16.5. The van der Waals surface area contributed by atoms with Gasteiger partial charge in [0.1, 0.15) is 11.4 Å². The van der Waals surface area contributed by atoms with Crippen molar-refractivity contribution < 1.29 is 9.53 Å². The van der Waals surface area contributed by atoms with Gasteiger partial charge in [0.15, 0.2) is 5.82 Å². The molecule has 0 atom stereocenters. The molecule has 6 nitrogen and oxygen atoms in total. The first kappa shape index (κ1) is 18.0. The number of hydrogen-bond donors (Lipinski definition) is 1. The zero-order chi connectivity index (χ0) is 19.3. The van der Waals surface area contributed by atoms with Crippen molar-refractivity contribution in [2.75, 3.05) is 25.1 Å². The quantitative estimate of drug-likeness (QED) is 0.718. The number of benzene rings is 2. The Bertz CT molecular complexity index is 972. The van der Waals surface area contributed by atoms with Crippen LogP contribution in [0, 0.1) is 0 Å². The van der Waals surface area contributed by atoms with Gasteiger partial charge >= 0.3 is 0 Å². The second-order valence-corrected chi connectivity index (χ2v) is 6.61. The lowest BCUT2D eigenvalue weighted by atomic mass is 10.1. The predicted octanol–water partition coefficient (Wildman–Crippen LogP) is 3.15. The number of amides is 1. The van der Waals surface area contributed by atoms with E-state index in [1.165, 1.54) is 11.8 Å². The summed E-state index contributed by atoms with van der Waals surface area (Å²) in [6.07, 6.45) is 4.88. The Labute approximate surface area is 164 Å². The number of rotatable bonds is 6. The van der Waals surface area contributed by atoms with E-state index in [0.29, 0.717) is 18.7 Å². The second-order valence-electron chi connectivity index (χ2n) is 6.61. The average molecular weight is 374 g/mol. The van der Waals surface area contributed by atoms with Gasteiger partial charge in [-0.15, -0.1) is 0 Å². The van der Waals surface area contributed by atoms with E-state index in [-0.39, 0.29) is 5.91 Å². The molecule has 2 aromatic carbocycles. The van der Waals surface area contributed by atoms with E-state index in [9.17, 15) is 4.79 Å². The van der Waals surface area contributed by atoms with Crippen LogP contribution in [0.15, 0.2) is 60.9 Å². The Hall–Kier alpha value is -3.41. The normalized spacial score (nSPS) is 12.5. The van der Waals surface area contributed by atoms with Crippen molar-refractivity contribution in [3.05, 3.63) is 77.7 Å². The van der Waals surface area contributed by atoms with E-state index < -0.39 is 0 Å². The van der Waals surface area contributed by atoms with Crippen LogP contribution in [0.1, 0.15) is 21.6 Å². The molecule has 0 fully saturated rings. The molecule has 0 saturated heterocycles. The Morgan fingerprint density at radius 1 is 1.11 bits per heavy atom. The SMILES string of the molecule is COc1ccccc1CCNC(=O)c1cnc(N2CCc3ccccc32)cn1. The molecule has 0 spiro atoms. The van der Waals surface area contributed by atoms with E-state index in [0.717, 1.165) is 35.8 Å². The van der Waals surface area contributed by atoms with Crippen molar-refractivity contribution in [2.24, 2.45) is 0 Å². The number of nitrogens with zero attached hydrogens (tertiary/aromatic N) is 3. The molecule has 28 heavy (non-hydrogen) atoms. The van der Waals surface area contributed by atoms with E-state index in [1.54, 1.807) is 13.3 Å². The van der Waals surface area contributed by atoms with Crippen LogP contribution in [0.4, 0.5) is 11.5 Å². The summed E-state index contributed by atoms with van der Waals surface area (Å²) in [7, 11) is 1.65. The van der Waals surface area contributed by atoms with Gasteiger partial charge in [-0.25, -0.2) is 9.97 Å². The maximum Gasteiger partial charge on any atom is 0.271 e. The first-order chi connectivity index (χ1) is 13.8. The molecule has 0 unspecified atom stereocenters. The van der Waals surface area contributed by atoms with Gasteiger partial charge < -0.3 is 15.0 Å². The van der Waals surface area contributed by atoms with Crippen LogP contribution in [0.5, 0.6) is 5.75 Å². The molecule has 0 radical (unpaired) electrons. The minimum Gasteiger partial charge on any atom is -0.496 e. The van der Waals surface area contributed by atoms with Crippen LogP contribution in [-0.4, -0.2) is 36.1 Å². The first-order valence-electron chi connectivity index (χ1n) is 9.34. The first-order valence-corrected chi connectivity index (χ1v) is 9.34. The van der Waals surface area contributed by atoms with Crippen LogP contribution >= 0.6 is 0 Å². The van der Waals surface area contributed by atoms with Gasteiger partial charge in [0.2, 0.25) is 0 Å². The third kappa shape index (κ3) is 3.67. The molecule has 6 heteroatoms. The van der Waals surface area contributed by atoms with Crippen LogP contribution in [0.25, 0.3) is 0 Å². The van der Waals surface area contributed by atoms with Gasteiger partial charge in [-0.2, -0.15) is 0 Å². The van der Waals surface area contributed by atoms with Gasteiger partial charge in [-0.3, -0.25) is 4.79 Å². The summed E-state index contributed by atoms with van der Waals surface area (Å²) in [5.74, 6) is 1.36. The molecule has 0 aliphatic carbocycles. The molecular weight excluding hydrogens is 352 g/mol. The highest BCUT2D eigenvalue weighted by molar-refractivity contribution is 5.92. The number of carbonyl (C=O) groups excluding carboxylic acids is 1. The number of ether oxygens (including phenoxy) is 1. The van der Waals surface area contributed by atoms with Gasteiger partial charge in [0.05, 0.1) is 19.5 Å². The van der Waals surface area contributed by atoms with Gasteiger partial charge in [0.25, 0.3) is 5.91 Å². The summed E-state index contributed by atoms with van der Waals surface area (Å²) in [6.45, 7) is 1.38. The Morgan fingerprint density at radius 3 is 2.75 bits per heavy atom. The fourth-order valence-corrected chi connectivity index (χ4v) is 3.46. The monoisotopic (exact) mass is 374 g/mol.